The van der Waals surface area contributed by atoms with Crippen molar-refractivity contribution >= 4 is 11.7 Å². The predicted molar refractivity (Wildman–Crippen MR) is 110 cm³/mol. The summed E-state index contributed by atoms with van der Waals surface area (Å²) < 4.78 is 0. The highest BCUT2D eigenvalue weighted by Gasteiger charge is 2.24. The van der Waals surface area contributed by atoms with E-state index in [1.54, 1.807) is 0 Å². The van der Waals surface area contributed by atoms with Crippen LogP contribution in [0.25, 0.3) is 11.4 Å². The van der Waals surface area contributed by atoms with E-state index in [9.17, 15) is 4.79 Å². The normalized spacial score (nSPS) is 15.0. The van der Waals surface area contributed by atoms with Crippen LogP contribution in [0.5, 0.6) is 0 Å². The second-order valence-corrected chi connectivity index (χ2v) is 7.55. The van der Waals surface area contributed by atoms with Gasteiger partial charge in [0.25, 0.3) is 5.91 Å². The number of aromatic nitrogens is 2. The maximum absolute atomic E-state index is 13.1. The first-order valence-corrected chi connectivity index (χ1v) is 10.0. The second kappa shape index (κ2) is 8.98. The van der Waals surface area contributed by atoms with Crippen LogP contribution < -0.4 is 4.90 Å². The number of unbranched alkanes of at least 4 members (excludes halogenated alkanes) is 1. The van der Waals surface area contributed by atoms with Crippen molar-refractivity contribution in [3.8, 4) is 11.4 Å². The lowest BCUT2D eigenvalue weighted by atomic mass is 9.99. The Morgan fingerprint density at radius 1 is 1.19 bits per heavy atom. The quantitative estimate of drug-likeness (QED) is 0.767. The first-order chi connectivity index (χ1) is 13.1. The first kappa shape index (κ1) is 19.3. The van der Waals surface area contributed by atoms with Gasteiger partial charge in [0.05, 0.1) is 0 Å². The van der Waals surface area contributed by atoms with Gasteiger partial charge < -0.3 is 9.80 Å². The molecule has 0 bridgehead atoms. The molecule has 1 aromatic heterocycles. The Bertz CT molecular complexity index is 754. The summed E-state index contributed by atoms with van der Waals surface area (Å²) in [4.78, 5) is 26.5. The fraction of sp³-hybridized carbons (Fsp3) is 0.500. The van der Waals surface area contributed by atoms with E-state index >= 15 is 0 Å². The largest absolute Gasteiger partial charge is 0.360 e. The van der Waals surface area contributed by atoms with Crippen molar-refractivity contribution in [1.29, 1.82) is 0 Å². The van der Waals surface area contributed by atoms with E-state index in [0.717, 1.165) is 56.7 Å². The molecule has 5 nitrogen and oxygen atoms in total. The maximum Gasteiger partial charge on any atom is 0.272 e. The van der Waals surface area contributed by atoms with Crippen LogP contribution >= 0.6 is 0 Å². The van der Waals surface area contributed by atoms with E-state index in [1.807, 2.05) is 48.3 Å². The Balaban J connectivity index is 1.93. The molecule has 1 aliphatic heterocycles. The maximum atomic E-state index is 13.1. The molecule has 2 aromatic rings. The first-order valence-electron chi connectivity index (χ1n) is 10.0. The smallest absolute Gasteiger partial charge is 0.272 e. The summed E-state index contributed by atoms with van der Waals surface area (Å²) in [5.41, 5.74) is 1.43. The van der Waals surface area contributed by atoms with Gasteiger partial charge in [-0.05, 0) is 25.2 Å². The van der Waals surface area contributed by atoms with E-state index < -0.39 is 0 Å². The molecule has 1 aliphatic rings. The molecule has 27 heavy (non-hydrogen) atoms. The van der Waals surface area contributed by atoms with Crippen molar-refractivity contribution in [3.05, 3.63) is 42.1 Å². The van der Waals surface area contributed by atoms with E-state index in [-0.39, 0.29) is 5.91 Å². The van der Waals surface area contributed by atoms with Gasteiger partial charge in [0.2, 0.25) is 0 Å². The monoisotopic (exact) mass is 366 g/mol. The van der Waals surface area contributed by atoms with Crippen LogP contribution in [0, 0.1) is 5.92 Å². The fourth-order valence-electron chi connectivity index (χ4n) is 3.34. The van der Waals surface area contributed by atoms with Crippen molar-refractivity contribution < 1.29 is 4.79 Å². The predicted octanol–water partition coefficient (Wildman–Crippen LogP) is 4.25. The zero-order chi connectivity index (χ0) is 19.2. The zero-order valence-electron chi connectivity index (χ0n) is 16.7. The van der Waals surface area contributed by atoms with Crippen LogP contribution in [0.3, 0.4) is 0 Å². The van der Waals surface area contributed by atoms with Gasteiger partial charge in [-0.2, -0.15) is 0 Å². The number of rotatable bonds is 6. The number of likely N-dealkylation sites (tertiary alicyclic amines) is 1. The van der Waals surface area contributed by atoms with E-state index in [1.165, 1.54) is 0 Å². The van der Waals surface area contributed by atoms with Crippen LogP contribution in [0.1, 0.15) is 50.0 Å². The zero-order valence-corrected chi connectivity index (χ0v) is 16.7. The molecule has 2 heterocycles. The number of carbonyl (C=O) groups is 1. The Labute approximate surface area is 162 Å². The molecule has 0 unspecified atom stereocenters. The number of piperidine rings is 1. The van der Waals surface area contributed by atoms with Gasteiger partial charge in [-0.1, -0.05) is 50.6 Å². The number of anilines is 1. The lowest BCUT2D eigenvalue weighted by molar-refractivity contribution is 0.0691. The lowest BCUT2D eigenvalue weighted by Crippen LogP contribution is -2.38. The Hall–Kier alpha value is -2.43. The molecule has 0 spiro atoms. The van der Waals surface area contributed by atoms with Crippen molar-refractivity contribution in [2.24, 2.45) is 5.92 Å². The van der Waals surface area contributed by atoms with Gasteiger partial charge in [-0.3, -0.25) is 4.79 Å². The minimum absolute atomic E-state index is 0.0200. The molecule has 1 fully saturated rings. The second-order valence-electron chi connectivity index (χ2n) is 7.55. The Kier molecular flexibility index (Phi) is 6.43. The summed E-state index contributed by atoms with van der Waals surface area (Å²) in [6.07, 6.45) is 4.34. The minimum Gasteiger partial charge on any atom is -0.360 e. The summed E-state index contributed by atoms with van der Waals surface area (Å²) in [6.45, 7) is 6.96. The summed E-state index contributed by atoms with van der Waals surface area (Å²) in [7, 11) is 2.03. The number of amides is 1. The number of benzene rings is 1. The molecule has 0 N–H and O–H groups in total. The van der Waals surface area contributed by atoms with Crippen LogP contribution in [-0.2, 0) is 0 Å². The van der Waals surface area contributed by atoms with Crippen LogP contribution in [0.2, 0.25) is 0 Å². The molecule has 1 amide bonds. The van der Waals surface area contributed by atoms with E-state index in [4.69, 9.17) is 4.98 Å². The van der Waals surface area contributed by atoms with Gasteiger partial charge in [0.1, 0.15) is 11.5 Å². The van der Waals surface area contributed by atoms with Crippen LogP contribution in [0.15, 0.2) is 36.4 Å². The molecule has 0 aliphatic carbocycles. The Morgan fingerprint density at radius 2 is 1.89 bits per heavy atom. The van der Waals surface area contributed by atoms with Gasteiger partial charge in [0.15, 0.2) is 5.82 Å². The number of carbonyl (C=O) groups excluding carboxylic acids is 1. The van der Waals surface area contributed by atoms with Gasteiger partial charge >= 0.3 is 0 Å². The molecular formula is C22H30N4O. The molecule has 5 heteroatoms. The summed E-state index contributed by atoms with van der Waals surface area (Å²) in [6, 6.07) is 11.7. The van der Waals surface area contributed by atoms with E-state index in [0.29, 0.717) is 17.4 Å². The Morgan fingerprint density at radius 3 is 2.56 bits per heavy atom. The molecule has 0 atom stereocenters. The third kappa shape index (κ3) is 4.85. The molecule has 0 radical (unpaired) electrons. The number of hydrogen-bond donors (Lipinski definition) is 0. The molecule has 1 aromatic carbocycles. The van der Waals surface area contributed by atoms with Crippen LogP contribution in [-0.4, -0.2) is 47.5 Å². The SMILES string of the molecule is CCCCN(C)c1cc(C(=O)N2CCC(C)CC2)nc(-c2ccccc2)n1. The fourth-order valence-corrected chi connectivity index (χ4v) is 3.34. The van der Waals surface area contributed by atoms with Crippen LogP contribution in [0.4, 0.5) is 5.82 Å². The number of nitrogens with zero attached hydrogens (tertiary/aromatic N) is 4. The standard InChI is InChI=1S/C22H30N4O/c1-4-5-13-25(3)20-16-19(22(27)26-14-11-17(2)12-15-26)23-21(24-20)18-9-7-6-8-10-18/h6-10,16-17H,4-5,11-15H2,1-3H3. The van der Waals surface area contributed by atoms with Crippen molar-refractivity contribution in [3.63, 3.8) is 0 Å². The average Bonchev–Trinajstić information content (AvgIpc) is 2.72. The van der Waals surface area contributed by atoms with Gasteiger partial charge in [-0.25, -0.2) is 9.97 Å². The average molecular weight is 367 g/mol. The summed E-state index contributed by atoms with van der Waals surface area (Å²) >= 11 is 0. The third-order valence-corrected chi connectivity index (χ3v) is 5.27. The summed E-state index contributed by atoms with van der Waals surface area (Å²) in [5, 5.41) is 0. The lowest BCUT2D eigenvalue weighted by Gasteiger charge is -2.30. The van der Waals surface area contributed by atoms with Gasteiger partial charge in [0, 0.05) is 38.3 Å². The highest BCUT2D eigenvalue weighted by molar-refractivity contribution is 5.93. The van der Waals surface area contributed by atoms with Crippen molar-refractivity contribution in [2.75, 3.05) is 31.6 Å². The summed E-state index contributed by atoms with van der Waals surface area (Å²) in [5.74, 6) is 2.14. The third-order valence-electron chi connectivity index (χ3n) is 5.27. The molecule has 3 rings (SSSR count). The topological polar surface area (TPSA) is 49.3 Å². The molecule has 0 saturated carbocycles. The molecule has 1 saturated heterocycles. The van der Waals surface area contributed by atoms with Gasteiger partial charge in [-0.15, -0.1) is 0 Å². The molecular weight excluding hydrogens is 336 g/mol. The van der Waals surface area contributed by atoms with Crippen molar-refractivity contribution in [1.82, 2.24) is 14.9 Å². The highest BCUT2D eigenvalue weighted by Crippen LogP contribution is 2.23. The minimum atomic E-state index is 0.0200. The highest BCUT2D eigenvalue weighted by atomic mass is 16.2. The van der Waals surface area contributed by atoms with Crippen molar-refractivity contribution in [2.45, 2.75) is 39.5 Å². The number of hydrogen-bond acceptors (Lipinski definition) is 4. The van der Waals surface area contributed by atoms with E-state index in [2.05, 4.69) is 23.7 Å². The molecule has 144 valence electrons.